The van der Waals surface area contributed by atoms with Crippen LogP contribution in [0.15, 0.2) is 6.07 Å². The number of piperidine rings is 1. The van der Waals surface area contributed by atoms with Gasteiger partial charge in [-0.25, -0.2) is 4.98 Å². The molecule has 112 valence electrons. The van der Waals surface area contributed by atoms with Gasteiger partial charge in [0.2, 0.25) is 5.88 Å². The second-order valence-electron chi connectivity index (χ2n) is 5.02. The third kappa shape index (κ3) is 4.05. The quantitative estimate of drug-likeness (QED) is 0.787. The zero-order valence-corrected chi connectivity index (χ0v) is 12.3. The zero-order valence-electron chi connectivity index (χ0n) is 12.3. The van der Waals surface area contributed by atoms with Crippen LogP contribution in [-0.4, -0.2) is 49.4 Å². The summed E-state index contributed by atoms with van der Waals surface area (Å²) in [5.41, 5.74) is 5.47. The van der Waals surface area contributed by atoms with Crippen molar-refractivity contribution in [3.63, 3.8) is 0 Å². The van der Waals surface area contributed by atoms with Crippen molar-refractivity contribution in [1.29, 1.82) is 0 Å². The molecule has 0 aromatic carbocycles. The fourth-order valence-electron chi connectivity index (χ4n) is 2.38. The predicted molar refractivity (Wildman–Crippen MR) is 78.2 cm³/mol. The van der Waals surface area contributed by atoms with Gasteiger partial charge in [0.25, 0.3) is 0 Å². The largest absolute Gasteiger partial charge is 0.481 e. The Hall–Kier alpha value is -1.40. The molecule has 0 bridgehead atoms. The first-order valence-electron chi connectivity index (χ1n) is 7.19. The Labute approximate surface area is 120 Å². The van der Waals surface area contributed by atoms with E-state index in [9.17, 15) is 0 Å². The lowest BCUT2D eigenvalue weighted by molar-refractivity contribution is 0.0365. The van der Waals surface area contributed by atoms with E-state index in [2.05, 4.69) is 14.9 Å². The Morgan fingerprint density at radius 1 is 1.35 bits per heavy atom. The van der Waals surface area contributed by atoms with Crippen LogP contribution in [0.25, 0.3) is 0 Å². The highest BCUT2D eigenvalue weighted by molar-refractivity contribution is 5.42. The molecule has 1 saturated heterocycles. The lowest BCUT2D eigenvalue weighted by atomic mass is 10.1. The van der Waals surface area contributed by atoms with Crippen molar-refractivity contribution in [3.8, 4) is 5.88 Å². The smallest absolute Gasteiger partial charge is 0.218 e. The highest BCUT2D eigenvalue weighted by atomic mass is 16.5. The van der Waals surface area contributed by atoms with Gasteiger partial charge in [0.1, 0.15) is 11.6 Å². The number of ether oxygens (including phenoxy) is 2. The van der Waals surface area contributed by atoms with Gasteiger partial charge in [-0.1, -0.05) is 0 Å². The monoisotopic (exact) mass is 280 g/mol. The fraction of sp³-hybridized carbons (Fsp3) is 0.714. The zero-order chi connectivity index (χ0) is 14.4. The van der Waals surface area contributed by atoms with Gasteiger partial charge in [0.15, 0.2) is 0 Å². The van der Waals surface area contributed by atoms with E-state index in [1.165, 1.54) is 0 Å². The Kier molecular flexibility index (Phi) is 5.55. The minimum atomic E-state index is 0.350. The van der Waals surface area contributed by atoms with E-state index in [-0.39, 0.29) is 0 Å². The molecule has 0 atom stereocenters. The standard InChI is InChI=1S/C14H24N4O2/c1-11-16-13(10-14(17-11)19-2)18-7-4-12(5-8-18)20-9-3-6-15/h10,12H,3-9,15H2,1-2H3. The van der Waals surface area contributed by atoms with Crippen LogP contribution in [0.2, 0.25) is 0 Å². The number of hydrogen-bond acceptors (Lipinski definition) is 6. The molecule has 1 aliphatic rings. The van der Waals surface area contributed by atoms with Crippen LogP contribution in [0.5, 0.6) is 5.88 Å². The van der Waals surface area contributed by atoms with Crippen molar-refractivity contribution in [1.82, 2.24) is 9.97 Å². The Bertz CT molecular complexity index is 420. The summed E-state index contributed by atoms with van der Waals surface area (Å²) < 4.78 is 11.0. The summed E-state index contributed by atoms with van der Waals surface area (Å²) in [5, 5.41) is 0. The fourth-order valence-corrected chi connectivity index (χ4v) is 2.38. The summed E-state index contributed by atoms with van der Waals surface area (Å²) in [5.74, 6) is 2.30. The molecule has 1 aliphatic heterocycles. The maximum Gasteiger partial charge on any atom is 0.218 e. The van der Waals surface area contributed by atoms with E-state index in [1.807, 2.05) is 13.0 Å². The van der Waals surface area contributed by atoms with Crippen molar-refractivity contribution in [2.45, 2.75) is 32.3 Å². The molecule has 1 fully saturated rings. The molecule has 0 unspecified atom stereocenters. The molecule has 6 heteroatoms. The van der Waals surface area contributed by atoms with Gasteiger partial charge < -0.3 is 20.1 Å². The molecule has 0 amide bonds. The second kappa shape index (κ2) is 7.40. The molecule has 1 aromatic rings. The molecule has 0 aliphatic carbocycles. The van der Waals surface area contributed by atoms with Gasteiger partial charge in [-0.05, 0) is 32.7 Å². The summed E-state index contributed by atoms with van der Waals surface area (Å²) in [4.78, 5) is 11.0. The van der Waals surface area contributed by atoms with Crippen LogP contribution < -0.4 is 15.4 Å². The van der Waals surface area contributed by atoms with E-state index in [0.29, 0.717) is 18.5 Å². The number of methoxy groups -OCH3 is 1. The molecule has 2 N–H and O–H groups in total. The molecular weight excluding hydrogens is 256 g/mol. The third-order valence-electron chi connectivity index (χ3n) is 3.48. The highest BCUT2D eigenvalue weighted by Gasteiger charge is 2.21. The molecular formula is C14H24N4O2. The van der Waals surface area contributed by atoms with E-state index in [1.54, 1.807) is 7.11 Å². The summed E-state index contributed by atoms with van der Waals surface area (Å²) in [6.07, 6.45) is 3.33. The van der Waals surface area contributed by atoms with Crippen LogP contribution in [0.3, 0.4) is 0 Å². The van der Waals surface area contributed by atoms with Gasteiger partial charge in [-0.15, -0.1) is 0 Å². The Balaban J connectivity index is 1.88. The summed E-state index contributed by atoms with van der Waals surface area (Å²) >= 11 is 0. The molecule has 0 radical (unpaired) electrons. The average Bonchev–Trinajstić information content (AvgIpc) is 2.47. The van der Waals surface area contributed by atoms with Gasteiger partial charge >= 0.3 is 0 Å². The van der Waals surface area contributed by atoms with Crippen LogP contribution in [-0.2, 0) is 4.74 Å². The number of nitrogens with zero attached hydrogens (tertiary/aromatic N) is 3. The van der Waals surface area contributed by atoms with Crippen LogP contribution in [0.1, 0.15) is 25.1 Å². The summed E-state index contributed by atoms with van der Waals surface area (Å²) in [7, 11) is 1.63. The van der Waals surface area contributed by atoms with Crippen LogP contribution in [0.4, 0.5) is 5.82 Å². The van der Waals surface area contributed by atoms with E-state index in [0.717, 1.165) is 50.6 Å². The summed E-state index contributed by atoms with van der Waals surface area (Å²) in [6, 6.07) is 1.89. The molecule has 0 saturated carbocycles. The van der Waals surface area contributed by atoms with Gasteiger partial charge in [-0.2, -0.15) is 4.98 Å². The minimum absolute atomic E-state index is 0.350. The van der Waals surface area contributed by atoms with E-state index >= 15 is 0 Å². The average molecular weight is 280 g/mol. The van der Waals surface area contributed by atoms with Crippen molar-refractivity contribution in [3.05, 3.63) is 11.9 Å². The molecule has 1 aromatic heterocycles. The first kappa shape index (κ1) is 15.0. The molecule has 0 spiro atoms. The van der Waals surface area contributed by atoms with Gasteiger partial charge in [-0.3, -0.25) is 0 Å². The minimum Gasteiger partial charge on any atom is -0.481 e. The molecule has 20 heavy (non-hydrogen) atoms. The topological polar surface area (TPSA) is 73.5 Å². The van der Waals surface area contributed by atoms with Crippen LogP contribution >= 0.6 is 0 Å². The molecule has 6 nitrogen and oxygen atoms in total. The van der Waals surface area contributed by atoms with Gasteiger partial charge in [0, 0.05) is 25.8 Å². The van der Waals surface area contributed by atoms with Crippen molar-refractivity contribution < 1.29 is 9.47 Å². The number of rotatable bonds is 6. The maximum absolute atomic E-state index is 5.81. The Morgan fingerprint density at radius 2 is 2.10 bits per heavy atom. The number of anilines is 1. The van der Waals surface area contributed by atoms with Crippen LogP contribution in [0, 0.1) is 6.92 Å². The van der Waals surface area contributed by atoms with Crippen molar-refractivity contribution in [2.75, 3.05) is 38.3 Å². The molecule has 2 rings (SSSR count). The van der Waals surface area contributed by atoms with Crippen molar-refractivity contribution >= 4 is 5.82 Å². The number of hydrogen-bond donors (Lipinski definition) is 1. The summed E-state index contributed by atoms with van der Waals surface area (Å²) in [6.45, 7) is 5.24. The first-order chi connectivity index (χ1) is 9.72. The lowest BCUT2D eigenvalue weighted by Gasteiger charge is -2.32. The predicted octanol–water partition coefficient (Wildman–Crippen LogP) is 1.13. The first-order valence-corrected chi connectivity index (χ1v) is 7.19. The SMILES string of the molecule is COc1cc(N2CCC(OCCCN)CC2)nc(C)n1. The number of aryl methyl sites for hydroxylation is 1. The maximum atomic E-state index is 5.81. The van der Waals surface area contributed by atoms with E-state index in [4.69, 9.17) is 15.2 Å². The highest BCUT2D eigenvalue weighted by Crippen LogP contribution is 2.22. The normalized spacial score (nSPS) is 16.4. The Morgan fingerprint density at radius 3 is 2.75 bits per heavy atom. The number of aromatic nitrogens is 2. The van der Waals surface area contributed by atoms with Crippen molar-refractivity contribution in [2.24, 2.45) is 5.73 Å². The number of nitrogens with two attached hydrogens (primary N) is 1. The molecule has 2 heterocycles. The second-order valence-corrected chi connectivity index (χ2v) is 5.02. The lowest BCUT2D eigenvalue weighted by Crippen LogP contribution is -2.37. The third-order valence-corrected chi connectivity index (χ3v) is 3.48. The van der Waals surface area contributed by atoms with Gasteiger partial charge in [0.05, 0.1) is 13.2 Å². The van der Waals surface area contributed by atoms with E-state index < -0.39 is 0 Å².